The quantitative estimate of drug-likeness (QED) is 0.214. The second-order valence-corrected chi connectivity index (χ2v) is 9.99. The van der Waals surface area contributed by atoms with Crippen molar-refractivity contribution in [3.05, 3.63) is 138 Å². The number of para-hydroxylation sites is 3. The van der Waals surface area contributed by atoms with Gasteiger partial charge in [0.25, 0.3) is 0 Å². The molecule has 0 radical (unpaired) electrons. The van der Waals surface area contributed by atoms with Gasteiger partial charge in [0, 0.05) is 21.5 Å². The maximum Gasteiger partial charge on any atom is 0.234 e. The van der Waals surface area contributed by atoms with E-state index in [2.05, 4.69) is 98.9 Å². The van der Waals surface area contributed by atoms with Crippen LogP contribution in [0.15, 0.2) is 121 Å². The maximum absolute atomic E-state index is 10.2. The van der Waals surface area contributed by atoms with Gasteiger partial charge >= 0.3 is 0 Å². The SMILES string of the molecule is [C-]#[N+]c1c(-n2c3ccccc3c3ccccc32)cc(C#N)cc1-n1c2ccccc2c2c3ccccc3ccc21. The van der Waals surface area contributed by atoms with Gasteiger partial charge in [0.15, 0.2) is 0 Å². The fourth-order valence-corrected chi connectivity index (χ4v) is 6.31. The smallest absolute Gasteiger partial charge is 0.234 e. The molecule has 0 amide bonds. The average molecular weight is 509 g/mol. The zero-order valence-electron chi connectivity index (χ0n) is 21.3. The molecule has 4 nitrogen and oxygen atoms in total. The van der Waals surface area contributed by atoms with Crippen LogP contribution < -0.4 is 0 Å². The first-order valence-corrected chi connectivity index (χ1v) is 13.1. The van der Waals surface area contributed by atoms with Crippen LogP contribution in [0.5, 0.6) is 0 Å². The molecule has 40 heavy (non-hydrogen) atoms. The second kappa shape index (κ2) is 8.33. The molecule has 0 aliphatic heterocycles. The predicted molar refractivity (Wildman–Crippen MR) is 164 cm³/mol. The van der Waals surface area contributed by atoms with E-state index in [1.807, 2.05) is 42.5 Å². The van der Waals surface area contributed by atoms with Crippen molar-refractivity contribution in [1.82, 2.24) is 9.13 Å². The summed E-state index contributed by atoms with van der Waals surface area (Å²) in [6, 6.07) is 43.5. The summed E-state index contributed by atoms with van der Waals surface area (Å²) in [5, 5.41) is 17.0. The Morgan fingerprint density at radius 1 is 0.550 bits per heavy atom. The Balaban J connectivity index is 1.56. The van der Waals surface area contributed by atoms with E-state index >= 15 is 0 Å². The van der Waals surface area contributed by atoms with Crippen molar-refractivity contribution in [3.8, 4) is 17.4 Å². The van der Waals surface area contributed by atoms with Gasteiger partial charge in [0.05, 0.1) is 51.6 Å². The molecule has 2 aromatic heterocycles. The Morgan fingerprint density at radius 2 is 1.05 bits per heavy atom. The molecule has 0 unspecified atom stereocenters. The maximum atomic E-state index is 10.2. The van der Waals surface area contributed by atoms with Crippen molar-refractivity contribution in [3.63, 3.8) is 0 Å². The minimum Gasteiger partial charge on any atom is -0.319 e. The summed E-state index contributed by atoms with van der Waals surface area (Å²) < 4.78 is 4.29. The summed E-state index contributed by atoms with van der Waals surface area (Å²) in [7, 11) is 0. The normalized spacial score (nSPS) is 11.4. The van der Waals surface area contributed by atoms with E-state index in [9.17, 15) is 5.26 Å². The summed E-state index contributed by atoms with van der Waals surface area (Å²) in [6.07, 6.45) is 0. The van der Waals surface area contributed by atoms with Crippen LogP contribution in [0.25, 0.3) is 70.6 Å². The number of aromatic nitrogens is 2. The zero-order chi connectivity index (χ0) is 26.8. The van der Waals surface area contributed by atoms with Gasteiger partial charge in [0.1, 0.15) is 0 Å². The summed E-state index contributed by atoms with van der Waals surface area (Å²) in [4.78, 5) is 4.15. The fourth-order valence-electron chi connectivity index (χ4n) is 6.31. The lowest BCUT2D eigenvalue weighted by Crippen LogP contribution is -2.01. The molecule has 0 aliphatic rings. The lowest BCUT2D eigenvalue weighted by Gasteiger charge is -2.17. The predicted octanol–water partition coefficient (Wildman–Crippen LogP) is 9.46. The van der Waals surface area contributed by atoms with Gasteiger partial charge in [-0.05, 0) is 47.2 Å². The highest BCUT2D eigenvalue weighted by atomic mass is 15.0. The van der Waals surface area contributed by atoms with Crippen LogP contribution in [0, 0.1) is 17.9 Å². The molecule has 0 spiro atoms. The van der Waals surface area contributed by atoms with E-state index in [0.717, 1.165) is 43.6 Å². The molecule has 4 heteroatoms. The summed E-state index contributed by atoms with van der Waals surface area (Å²) in [5.74, 6) is 0. The van der Waals surface area contributed by atoms with Crippen LogP contribution in [0.2, 0.25) is 0 Å². The number of fused-ring (bicyclic) bond motifs is 8. The molecule has 6 aromatic carbocycles. The number of rotatable bonds is 2. The fraction of sp³-hybridized carbons (Fsp3) is 0. The van der Waals surface area contributed by atoms with E-state index < -0.39 is 0 Å². The molecule has 0 fully saturated rings. The first-order valence-electron chi connectivity index (χ1n) is 13.1. The van der Waals surface area contributed by atoms with Crippen LogP contribution in [0.4, 0.5) is 5.69 Å². The Morgan fingerprint density at radius 3 is 1.65 bits per heavy atom. The van der Waals surface area contributed by atoms with Crippen molar-refractivity contribution >= 4 is 60.1 Å². The molecule has 8 aromatic rings. The largest absolute Gasteiger partial charge is 0.319 e. The molecular weight excluding hydrogens is 488 g/mol. The van der Waals surface area contributed by atoms with Gasteiger partial charge in [-0.25, -0.2) is 4.85 Å². The van der Waals surface area contributed by atoms with Gasteiger partial charge in [-0.1, -0.05) is 84.9 Å². The van der Waals surface area contributed by atoms with Crippen LogP contribution in [0.3, 0.4) is 0 Å². The molecule has 0 N–H and O–H groups in total. The summed E-state index contributed by atoms with van der Waals surface area (Å²) >= 11 is 0. The summed E-state index contributed by atoms with van der Waals surface area (Å²) in [6.45, 7) is 8.44. The zero-order valence-corrected chi connectivity index (χ0v) is 21.3. The van der Waals surface area contributed by atoms with Crippen LogP contribution in [-0.2, 0) is 0 Å². The van der Waals surface area contributed by atoms with E-state index in [-0.39, 0.29) is 0 Å². The van der Waals surface area contributed by atoms with E-state index in [0.29, 0.717) is 22.6 Å². The molecular formula is C36H20N4. The van der Waals surface area contributed by atoms with Crippen molar-refractivity contribution in [2.24, 2.45) is 0 Å². The molecule has 0 bridgehead atoms. The molecule has 0 aliphatic carbocycles. The number of hydrogen-bond donors (Lipinski definition) is 0. The van der Waals surface area contributed by atoms with Crippen LogP contribution in [0.1, 0.15) is 5.56 Å². The molecule has 0 saturated carbocycles. The first kappa shape index (κ1) is 22.2. The number of hydrogen-bond acceptors (Lipinski definition) is 1. The van der Waals surface area contributed by atoms with Crippen molar-refractivity contribution in [1.29, 1.82) is 5.26 Å². The van der Waals surface area contributed by atoms with Crippen molar-refractivity contribution in [2.45, 2.75) is 0 Å². The van der Waals surface area contributed by atoms with Gasteiger partial charge in [-0.3, -0.25) is 0 Å². The van der Waals surface area contributed by atoms with Gasteiger partial charge in [-0.2, -0.15) is 5.26 Å². The Bertz CT molecular complexity index is 2350. The molecule has 0 atom stereocenters. The number of benzene rings is 6. The minimum atomic E-state index is 0.501. The minimum absolute atomic E-state index is 0.501. The number of nitrogens with zero attached hydrogens (tertiary/aromatic N) is 4. The first-order chi connectivity index (χ1) is 19.8. The monoisotopic (exact) mass is 508 g/mol. The Labute approximate surface area is 230 Å². The van der Waals surface area contributed by atoms with E-state index in [4.69, 9.17) is 6.57 Å². The van der Waals surface area contributed by atoms with Crippen molar-refractivity contribution in [2.75, 3.05) is 0 Å². The molecule has 184 valence electrons. The average Bonchev–Trinajstić information content (AvgIpc) is 3.53. The number of nitriles is 1. The lowest BCUT2D eigenvalue weighted by molar-refractivity contribution is 1.14. The Kier molecular flexibility index (Phi) is 4.62. The van der Waals surface area contributed by atoms with E-state index in [1.165, 1.54) is 10.8 Å². The molecule has 0 saturated heterocycles. The van der Waals surface area contributed by atoms with Crippen LogP contribution in [-0.4, -0.2) is 9.13 Å². The Hall–Kier alpha value is -5.84. The third-order valence-electron chi connectivity index (χ3n) is 7.93. The topological polar surface area (TPSA) is 38.0 Å². The third kappa shape index (κ3) is 2.93. The van der Waals surface area contributed by atoms with Gasteiger partial charge < -0.3 is 9.13 Å². The summed E-state index contributed by atoms with van der Waals surface area (Å²) in [5.41, 5.74) is 6.42. The third-order valence-corrected chi connectivity index (χ3v) is 7.93. The second-order valence-electron chi connectivity index (χ2n) is 9.99. The highest BCUT2D eigenvalue weighted by molar-refractivity contribution is 6.21. The van der Waals surface area contributed by atoms with E-state index in [1.54, 1.807) is 0 Å². The highest BCUT2D eigenvalue weighted by Crippen LogP contribution is 2.43. The van der Waals surface area contributed by atoms with Crippen LogP contribution >= 0.6 is 0 Å². The van der Waals surface area contributed by atoms with Gasteiger partial charge in [-0.15, -0.1) is 0 Å². The van der Waals surface area contributed by atoms with Crippen molar-refractivity contribution < 1.29 is 0 Å². The lowest BCUT2D eigenvalue weighted by atomic mass is 10.0. The molecule has 2 heterocycles. The standard InChI is InChI=1S/C36H20N4/c1-38-36-33(39-29-15-7-4-12-26(29)27-13-5-8-16-30(27)39)20-23(22-37)21-34(36)40-31-17-9-6-14-28(31)35-25-11-3-2-10-24(25)18-19-32(35)40/h2-21H. The highest BCUT2D eigenvalue weighted by Gasteiger charge is 2.22. The molecule has 8 rings (SSSR count). The van der Waals surface area contributed by atoms with Gasteiger partial charge in [0.2, 0.25) is 5.69 Å².